The molecule has 0 radical (unpaired) electrons. The van der Waals surface area contributed by atoms with E-state index in [0.29, 0.717) is 0 Å². The molecule has 3 nitrogen and oxygen atoms in total. The van der Waals surface area contributed by atoms with Crippen LogP contribution in [0.4, 0.5) is 0 Å². The van der Waals surface area contributed by atoms with Gasteiger partial charge >= 0.3 is 0 Å². The molecule has 0 aliphatic heterocycles. The highest BCUT2D eigenvalue weighted by Crippen LogP contribution is 2.19. The Labute approximate surface area is 67.4 Å². The number of hydrogen-bond acceptors (Lipinski definition) is 2. The van der Waals surface area contributed by atoms with E-state index in [2.05, 4.69) is 27.0 Å². The van der Waals surface area contributed by atoms with Crippen LogP contribution in [0, 0.1) is 11.3 Å². The molecule has 52 valence electrons. The van der Waals surface area contributed by atoms with Gasteiger partial charge < -0.3 is 4.57 Å². The molecule has 0 aromatic carbocycles. The van der Waals surface area contributed by atoms with Gasteiger partial charge in [0.1, 0.15) is 4.83 Å². The van der Waals surface area contributed by atoms with Gasteiger partial charge in [-0.2, -0.15) is 5.26 Å². The molecule has 1 aromatic rings. The maximum absolute atomic E-state index is 8.49. The Hall–Kier alpha value is -0.820. The van der Waals surface area contributed by atoms with E-state index in [9.17, 15) is 0 Å². The van der Waals surface area contributed by atoms with Crippen LogP contribution in [-0.2, 0) is 7.05 Å². The van der Waals surface area contributed by atoms with E-state index in [0.717, 1.165) is 5.69 Å². The average Bonchev–Trinajstić information content (AvgIpc) is 2.34. The van der Waals surface area contributed by atoms with E-state index < -0.39 is 0 Å². The zero-order chi connectivity index (χ0) is 7.56. The van der Waals surface area contributed by atoms with Gasteiger partial charge in [0.15, 0.2) is 0 Å². The fourth-order valence-electron chi connectivity index (χ4n) is 0.678. The minimum atomic E-state index is -0.250. The monoisotopic (exact) mass is 199 g/mol. The van der Waals surface area contributed by atoms with Gasteiger partial charge in [-0.05, 0) is 0 Å². The Morgan fingerprint density at radius 1 is 1.90 bits per heavy atom. The number of aromatic nitrogens is 2. The van der Waals surface area contributed by atoms with Crippen LogP contribution < -0.4 is 0 Å². The lowest BCUT2D eigenvalue weighted by Gasteiger charge is -1.99. The van der Waals surface area contributed by atoms with Gasteiger partial charge in [0.05, 0.1) is 24.3 Å². The van der Waals surface area contributed by atoms with Crippen molar-refractivity contribution in [3.63, 3.8) is 0 Å². The molecule has 10 heavy (non-hydrogen) atoms. The zero-order valence-electron chi connectivity index (χ0n) is 5.45. The molecule has 1 heterocycles. The van der Waals surface area contributed by atoms with Gasteiger partial charge in [-0.15, -0.1) is 0 Å². The molecule has 0 N–H and O–H groups in total. The van der Waals surface area contributed by atoms with Crippen molar-refractivity contribution >= 4 is 15.9 Å². The molecule has 0 saturated carbocycles. The minimum absolute atomic E-state index is 0.250. The van der Waals surface area contributed by atoms with Gasteiger partial charge in [0, 0.05) is 7.05 Å². The summed E-state index contributed by atoms with van der Waals surface area (Å²) in [5.41, 5.74) is 0.877. The Morgan fingerprint density at radius 3 is 3.00 bits per heavy atom. The van der Waals surface area contributed by atoms with Gasteiger partial charge in [-0.1, -0.05) is 15.9 Å². The first-order valence-electron chi connectivity index (χ1n) is 2.75. The molecule has 0 fully saturated rings. The van der Waals surface area contributed by atoms with E-state index in [4.69, 9.17) is 5.26 Å². The van der Waals surface area contributed by atoms with Crippen LogP contribution in [-0.4, -0.2) is 9.55 Å². The summed E-state index contributed by atoms with van der Waals surface area (Å²) < 4.78 is 1.81. The summed E-state index contributed by atoms with van der Waals surface area (Å²) in [5, 5.41) is 8.49. The van der Waals surface area contributed by atoms with Crippen molar-refractivity contribution in [3.05, 3.63) is 18.2 Å². The molecular weight excluding hydrogens is 194 g/mol. The highest BCUT2D eigenvalue weighted by molar-refractivity contribution is 9.09. The standard InChI is InChI=1S/C6H6BrN3/c1-10-4-9-3-6(10)5(7)2-8/h3-5H,1H3. The fourth-order valence-corrected chi connectivity index (χ4v) is 1.12. The summed E-state index contributed by atoms with van der Waals surface area (Å²) in [4.78, 5) is 3.62. The SMILES string of the molecule is Cn1cncc1C(Br)C#N. The fraction of sp³-hybridized carbons (Fsp3) is 0.333. The molecular formula is C6H6BrN3. The van der Waals surface area contributed by atoms with E-state index in [-0.39, 0.29) is 4.83 Å². The number of alkyl halides is 1. The number of hydrogen-bond donors (Lipinski definition) is 0. The van der Waals surface area contributed by atoms with Gasteiger partial charge in [-0.3, -0.25) is 0 Å². The largest absolute Gasteiger partial charge is 0.336 e. The molecule has 1 aromatic heterocycles. The molecule has 0 bridgehead atoms. The smallest absolute Gasteiger partial charge is 0.143 e. The number of imidazole rings is 1. The molecule has 0 aliphatic carbocycles. The van der Waals surface area contributed by atoms with E-state index in [1.807, 2.05) is 11.6 Å². The first kappa shape index (κ1) is 7.29. The lowest BCUT2D eigenvalue weighted by Crippen LogP contribution is -1.94. The Bertz CT molecular complexity index is 260. The van der Waals surface area contributed by atoms with Crippen molar-refractivity contribution in [1.82, 2.24) is 9.55 Å². The van der Waals surface area contributed by atoms with Crippen LogP contribution in [0.3, 0.4) is 0 Å². The first-order chi connectivity index (χ1) is 4.75. The van der Waals surface area contributed by atoms with E-state index >= 15 is 0 Å². The van der Waals surface area contributed by atoms with Crippen LogP contribution in [0.25, 0.3) is 0 Å². The summed E-state index contributed by atoms with van der Waals surface area (Å²) in [6.07, 6.45) is 3.34. The summed E-state index contributed by atoms with van der Waals surface area (Å²) in [5.74, 6) is 0. The summed E-state index contributed by atoms with van der Waals surface area (Å²) in [6, 6.07) is 2.06. The van der Waals surface area contributed by atoms with Crippen molar-refractivity contribution in [1.29, 1.82) is 5.26 Å². The predicted octanol–water partition coefficient (Wildman–Crippen LogP) is 1.38. The Morgan fingerprint density at radius 2 is 2.60 bits per heavy atom. The lowest BCUT2D eigenvalue weighted by atomic mass is 10.3. The van der Waals surface area contributed by atoms with Crippen LogP contribution in [0.2, 0.25) is 0 Å². The maximum Gasteiger partial charge on any atom is 0.143 e. The Balaban J connectivity index is 2.96. The second-order valence-electron chi connectivity index (χ2n) is 1.92. The third-order valence-electron chi connectivity index (χ3n) is 1.23. The molecule has 4 heteroatoms. The number of aryl methyl sites for hydroxylation is 1. The maximum atomic E-state index is 8.49. The molecule has 1 unspecified atom stereocenters. The predicted molar refractivity (Wildman–Crippen MR) is 40.5 cm³/mol. The number of nitriles is 1. The molecule has 0 amide bonds. The molecule has 1 rings (SSSR count). The van der Waals surface area contributed by atoms with Crippen molar-refractivity contribution in [3.8, 4) is 6.07 Å². The third-order valence-corrected chi connectivity index (χ3v) is 1.90. The number of nitrogens with zero attached hydrogens (tertiary/aromatic N) is 3. The van der Waals surface area contributed by atoms with Gasteiger partial charge in [0.25, 0.3) is 0 Å². The average molecular weight is 200 g/mol. The molecule has 0 saturated heterocycles. The van der Waals surface area contributed by atoms with Crippen LogP contribution in [0.1, 0.15) is 10.5 Å². The van der Waals surface area contributed by atoms with Crippen molar-refractivity contribution < 1.29 is 0 Å². The van der Waals surface area contributed by atoms with Crippen LogP contribution >= 0.6 is 15.9 Å². The van der Waals surface area contributed by atoms with E-state index in [1.54, 1.807) is 12.5 Å². The minimum Gasteiger partial charge on any atom is -0.336 e. The summed E-state index contributed by atoms with van der Waals surface area (Å²) >= 11 is 3.19. The highest BCUT2D eigenvalue weighted by Gasteiger charge is 2.07. The van der Waals surface area contributed by atoms with Gasteiger partial charge in [-0.25, -0.2) is 4.98 Å². The van der Waals surface area contributed by atoms with Crippen molar-refractivity contribution in [2.75, 3.05) is 0 Å². The van der Waals surface area contributed by atoms with Gasteiger partial charge in [0.2, 0.25) is 0 Å². The van der Waals surface area contributed by atoms with E-state index in [1.165, 1.54) is 0 Å². The number of rotatable bonds is 1. The topological polar surface area (TPSA) is 41.6 Å². The number of halogens is 1. The summed E-state index contributed by atoms with van der Waals surface area (Å²) in [6.45, 7) is 0. The second-order valence-corrected chi connectivity index (χ2v) is 2.84. The molecule has 0 spiro atoms. The van der Waals surface area contributed by atoms with Crippen LogP contribution in [0.15, 0.2) is 12.5 Å². The first-order valence-corrected chi connectivity index (χ1v) is 3.67. The molecule has 1 atom stereocenters. The third kappa shape index (κ3) is 1.19. The van der Waals surface area contributed by atoms with Crippen LogP contribution in [0.5, 0.6) is 0 Å². The normalized spacial score (nSPS) is 12.5. The molecule has 0 aliphatic rings. The highest BCUT2D eigenvalue weighted by atomic mass is 79.9. The Kier molecular flexibility index (Phi) is 2.07. The quantitative estimate of drug-likeness (QED) is 0.642. The van der Waals surface area contributed by atoms with Crippen molar-refractivity contribution in [2.45, 2.75) is 4.83 Å². The zero-order valence-corrected chi connectivity index (χ0v) is 7.04. The van der Waals surface area contributed by atoms with Crippen molar-refractivity contribution in [2.24, 2.45) is 7.05 Å². The lowest BCUT2D eigenvalue weighted by molar-refractivity contribution is 0.852. The summed E-state index contributed by atoms with van der Waals surface area (Å²) in [7, 11) is 1.86. The second kappa shape index (κ2) is 2.84.